The molecule has 0 amide bonds. The molecule has 1 N–H and O–H groups in total. The van der Waals surface area contributed by atoms with Gasteiger partial charge in [-0.1, -0.05) is 36.2 Å². The lowest BCUT2D eigenvalue weighted by atomic mass is 9.48. The van der Waals surface area contributed by atoms with Gasteiger partial charge in [0.25, 0.3) is 0 Å². The van der Waals surface area contributed by atoms with Crippen molar-refractivity contribution in [2.24, 2.45) is 5.41 Å². The van der Waals surface area contributed by atoms with Crippen molar-refractivity contribution in [3.8, 4) is 0 Å². The van der Waals surface area contributed by atoms with Crippen LogP contribution in [0.15, 0.2) is 18.2 Å². The molecule has 0 atom stereocenters. The number of ether oxygens (including phenoxy) is 1. The molecule has 1 saturated carbocycles. The third-order valence-corrected chi connectivity index (χ3v) is 5.74. The average Bonchev–Trinajstić information content (AvgIpc) is 2.44. The average molecular weight is 328 g/mol. The summed E-state index contributed by atoms with van der Waals surface area (Å²) in [5.41, 5.74) is 1.89. The van der Waals surface area contributed by atoms with Crippen molar-refractivity contribution < 1.29 is 4.74 Å². The highest BCUT2D eigenvalue weighted by atomic mass is 35.5. The first-order chi connectivity index (χ1) is 10.1. The van der Waals surface area contributed by atoms with Gasteiger partial charge in [-0.3, -0.25) is 0 Å². The zero-order valence-corrected chi connectivity index (χ0v) is 14.1. The third-order valence-electron chi connectivity index (χ3n) is 5.20. The van der Waals surface area contributed by atoms with Gasteiger partial charge in [0.05, 0.1) is 0 Å². The molecule has 3 rings (SSSR count). The summed E-state index contributed by atoms with van der Waals surface area (Å²) >= 11 is 12.6. The van der Waals surface area contributed by atoms with E-state index >= 15 is 0 Å². The Morgan fingerprint density at radius 2 is 1.90 bits per heavy atom. The number of rotatable bonds is 4. The molecule has 1 heterocycles. The van der Waals surface area contributed by atoms with E-state index in [0.29, 0.717) is 10.4 Å². The molecule has 0 radical (unpaired) electrons. The van der Waals surface area contributed by atoms with E-state index in [1.165, 1.54) is 31.2 Å². The maximum absolute atomic E-state index is 6.50. The van der Waals surface area contributed by atoms with E-state index in [1.807, 2.05) is 12.1 Å². The fourth-order valence-corrected chi connectivity index (χ4v) is 4.85. The summed E-state index contributed by atoms with van der Waals surface area (Å²) in [6.45, 7) is 5.95. The molecule has 1 aromatic rings. The Morgan fingerprint density at radius 1 is 1.19 bits per heavy atom. The van der Waals surface area contributed by atoms with Crippen LogP contribution in [0.25, 0.3) is 0 Å². The van der Waals surface area contributed by atoms with E-state index in [1.54, 1.807) is 0 Å². The molecule has 4 heteroatoms. The van der Waals surface area contributed by atoms with Gasteiger partial charge in [0, 0.05) is 35.2 Å². The molecule has 2 nitrogen and oxygen atoms in total. The molecule has 0 aromatic heterocycles. The number of benzene rings is 1. The predicted molar refractivity (Wildman–Crippen MR) is 88.4 cm³/mol. The zero-order valence-electron chi connectivity index (χ0n) is 12.6. The predicted octanol–water partition coefficient (Wildman–Crippen LogP) is 4.43. The molecule has 1 spiro atoms. The molecule has 2 fully saturated rings. The van der Waals surface area contributed by atoms with E-state index in [-0.39, 0.29) is 5.41 Å². The summed E-state index contributed by atoms with van der Waals surface area (Å²) in [7, 11) is 0. The van der Waals surface area contributed by atoms with E-state index in [2.05, 4.69) is 18.3 Å². The highest BCUT2D eigenvalue weighted by molar-refractivity contribution is 6.35. The van der Waals surface area contributed by atoms with Gasteiger partial charge in [0.1, 0.15) is 0 Å². The van der Waals surface area contributed by atoms with Crippen LogP contribution in [0.4, 0.5) is 0 Å². The van der Waals surface area contributed by atoms with Gasteiger partial charge in [-0.05, 0) is 55.3 Å². The van der Waals surface area contributed by atoms with Crippen molar-refractivity contribution in [3.63, 3.8) is 0 Å². The second-order valence-electron chi connectivity index (χ2n) is 6.65. The third kappa shape index (κ3) is 2.96. The first-order valence-electron chi connectivity index (χ1n) is 7.83. The van der Waals surface area contributed by atoms with Crippen LogP contribution in [-0.4, -0.2) is 26.3 Å². The minimum Gasteiger partial charge on any atom is -0.381 e. The first-order valence-corrected chi connectivity index (χ1v) is 8.59. The minimum absolute atomic E-state index is 0.162. The van der Waals surface area contributed by atoms with Crippen molar-refractivity contribution in [2.75, 3.05) is 26.3 Å². The van der Waals surface area contributed by atoms with Crippen molar-refractivity contribution in [2.45, 2.75) is 38.0 Å². The largest absolute Gasteiger partial charge is 0.381 e. The van der Waals surface area contributed by atoms with Crippen LogP contribution >= 0.6 is 23.2 Å². The Kier molecular flexibility index (Phi) is 4.52. The van der Waals surface area contributed by atoms with Crippen molar-refractivity contribution in [1.29, 1.82) is 0 Å². The molecule has 2 aliphatic rings. The standard InChI is InChI=1S/C17H23Cl2NO/c1-2-20-12-17(14-4-3-13(18)9-15(14)19)10-16(11-17)5-7-21-8-6-16/h3-4,9,20H,2,5-8,10-12H2,1H3. The summed E-state index contributed by atoms with van der Waals surface area (Å²) in [4.78, 5) is 0. The Bertz CT molecular complexity index is 504. The molecule has 0 unspecified atom stereocenters. The Hall–Kier alpha value is -0.280. The molecule has 1 saturated heterocycles. The van der Waals surface area contributed by atoms with Gasteiger partial charge >= 0.3 is 0 Å². The lowest BCUT2D eigenvalue weighted by Crippen LogP contribution is -2.56. The lowest BCUT2D eigenvalue weighted by Gasteiger charge is -2.58. The zero-order chi connectivity index (χ0) is 14.9. The van der Waals surface area contributed by atoms with Crippen LogP contribution in [0.1, 0.15) is 38.2 Å². The van der Waals surface area contributed by atoms with Crippen LogP contribution in [0.3, 0.4) is 0 Å². The molecular weight excluding hydrogens is 305 g/mol. The second kappa shape index (κ2) is 6.08. The SMILES string of the molecule is CCNCC1(c2ccc(Cl)cc2Cl)CC2(CCOCC2)C1. The fraction of sp³-hybridized carbons (Fsp3) is 0.647. The first kappa shape index (κ1) is 15.6. The molecule has 1 aliphatic heterocycles. The molecule has 1 aliphatic carbocycles. The Balaban J connectivity index is 1.85. The highest BCUT2D eigenvalue weighted by Crippen LogP contribution is 2.61. The fourth-order valence-electron chi connectivity index (χ4n) is 4.24. The van der Waals surface area contributed by atoms with E-state index in [0.717, 1.165) is 31.3 Å². The number of hydrogen-bond donors (Lipinski definition) is 1. The highest BCUT2D eigenvalue weighted by Gasteiger charge is 2.55. The number of likely N-dealkylation sites (N-methyl/N-ethyl adjacent to an activating group) is 1. The second-order valence-corrected chi connectivity index (χ2v) is 7.49. The number of halogens is 2. The molecule has 1 aromatic carbocycles. The van der Waals surface area contributed by atoms with Crippen LogP contribution in [0, 0.1) is 5.41 Å². The van der Waals surface area contributed by atoms with Crippen molar-refractivity contribution >= 4 is 23.2 Å². The van der Waals surface area contributed by atoms with Crippen molar-refractivity contribution in [3.05, 3.63) is 33.8 Å². The normalized spacial score (nSPS) is 23.0. The summed E-state index contributed by atoms with van der Waals surface area (Å²) in [5, 5.41) is 5.05. The summed E-state index contributed by atoms with van der Waals surface area (Å²) in [5.74, 6) is 0. The maximum atomic E-state index is 6.50. The van der Waals surface area contributed by atoms with Crippen LogP contribution < -0.4 is 5.32 Å². The topological polar surface area (TPSA) is 21.3 Å². The van der Waals surface area contributed by atoms with Gasteiger partial charge in [-0.2, -0.15) is 0 Å². The summed E-state index contributed by atoms with van der Waals surface area (Å²) in [6.07, 6.45) is 4.79. The molecular formula is C17H23Cl2NO. The lowest BCUT2D eigenvalue weighted by molar-refractivity contribution is -0.0735. The van der Waals surface area contributed by atoms with Crippen molar-refractivity contribution in [1.82, 2.24) is 5.32 Å². The van der Waals surface area contributed by atoms with Crippen LogP contribution in [0.5, 0.6) is 0 Å². The smallest absolute Gasteiger partial charge is 0.0471 e. The van der Waals surface area contributed by atoms with Crippen LogP contribution in [0.2, 0.25) is 10.0 Å². The van der Waals surface area contributed by atoms with E-state index < -0.39 is 0 Å². The maximum Gasteiger partial charge on any atom is 0.0471 e. The van der Waals surface area contributed by atoms with E-state index in [4.69, 9.17) is 27.9 Å². The monoisotopic (exact) mass is 327 g/mol. The molecule has 21 heavy (non-hydrogen) atoms. The van der Waals surface area contributed by atoms with Gasteiger partial charge in [0.2, 0.25) is 0 Å². The Morgan fingerprint density at radius 3 is 2.52 bits per heavy atom. The van der Waals surface area contributed by atoms with Crippen LogP contribution in [-0.2, 0) is 10.2 Å². The van der Waals surface area contributed by atoms with Gasteiger partial charge in [0.15, 0.2) is 0 Å². The Labute approximate surface area is 137 Å². The van der Waals surface area contributed by atoms with Gasteiger partial charge < -0.3 is 10.1 Å². The van der Waals surface area contributed by atoms with Gasteiger partial charge in [-0.15, -0.1) is 0 Å². The summed E-state index contributed by atoms with van der Waals surface area (Å²) < 4.78 is 5.54. The quantitative estimate of drug-likeness (QED) is 0.883. The van der Waals surface area contributed by atoms with E-state index in [9.17, 15) is 0 Å². The molecule has 0 bridgehead atoms. The summed E-state index contributed by atoms with van der Waals surface area (Å²) in [6, 6.07) is 5.96. The minimum atomic E-state index is 0.162. The number of nitrogens with one attached hydrogen (secondary N) is 1. The molecule has 116 valence electrons. The van der Waals surface area contributed by atoms with Gasteiger partial charge in [-0.25, -0.2) is 0 Å². The number of hydrogen-bond acceptors (Lipinski definition) is 2.